The molecule has 110 valence electrons. The highest BCUT2D eigenvalue weighted by Crippen LogP contribution is 2.24. The first kappa shape index (κ1) is 16.5. The molecule has 0 saturated carbocycles. The highest BCUT2D eigenvalue weighted by Gasteiger charge is 2.18. The van der Waals surface area contributed by atoms with Crippen molar-refractivity contribution in [2.24, 2.45) is 0 Å². The normalized spacial score (nSPS) is 11.8. The van der Waals surface area contributed by atoms with Crippen molar-refractivity contribution in [3.63, 3.8) is 0 Å². The van der Waals surface area contributed by atoms with Gasteiger partial charge in [0, 0.05) is 18.1 Å². The van der Waals surface area contributed by atoms with Gasteiger partial charge < -0.3 is 19.9 Å². The standard InChI is InChI=1S/C13H16BrNO5/c1-8(12(16)15-5-6-19-2)20-11-7-9(14)3-4-10(11)13(17)18/h3-4,7-8H,5-6H2,1-2H3,(H,15,16)(H,17,18). The minimum absolute atomic E-state index is 0.00439. The predicted octanol–water partition coefficient (Wildman–Crippen LogP) is 1.68. The average Bonchev–Trinajstić information content (AvgIpc) is 2.38. The number of carbonyl (C=O) groups is 2. The zero-order chi connectivity index (χ0) is 15.1. The fourth-order valence-corrected chi connectivity index (χ4v) is 1.77. The Labute approximate surface area is 125 Å². The number of hydrogen-bond acceptors (Lipinski definition) is 4. The summed E-state index contributed by atoms with van der Waals surface area (Å²) in [4.78, 5) is 22.8. The quantitative estimate of drug-likeness (QED) is 0.734. The van der Waals surface area contributed by atoms with Gasteiger partial charge in [-0.2, -0.15) is 0 Å². The molecule has 2 N–H and O–H groups in total. The summed E-state index contributed by atoms with van der Waals surface area (Å²) in [6.07, 6.45) is -0.806. The van der Waals surface area contributed by atoms with Gasteiger partial charge in [0.2, 0.25) is 0 Å². The number of methoxy groups -OCH3 is 1. The molecule has 7 heteroatoms. The van der Waals surface area contributed by atoms with Crippen LogP contribution in [0.4, 0.5) is 0 Å². The van der Waals surface area contributed by atoms with Crippen LogP contribution in [0.3, 0.4) is 0 Å². The van der Waals surface area contributed by atoms with Crippen molar-refractivity contribution in [2.45, 2.75) is 13.0 Å². The van der Waals surface area contributed by atoms with Gasteiger partial charge >= 0.3 is 5.97 Å². The largest absolute Gasteiger partial charge is 0.480 e. The third-order valence-electron chi connectivity index (χ3n) is 2.45. The molecule has 1 amide bonds. The van der Waals surface area contributed by atoms with Gasteiger partial charge in [0.25, 0.3) is 5.91 Å². The lowest BCUT2D eigenvalue weighted by atomic mass is 10.2. The topological polar surface area (TPSA) is 84.9 Å². The number of carbonyl (C=O) groups excluding carboxylic acids is 1. The first-order valence-corrected chi connectivity index (χ1v) is 6.71. The molecule has 6 nitrogen and oxygen atoms in total. The molecule has 0 aliphatic rings. The van der Waals surface area contributed by atoms with E-state index in [0.717, 1.165) is 0 Å². The van der Waals surface area contributed by atoms with Crippen LogP contribution in [0, 0.1) is 0 Å². The molecule has 0 bridgehead atoms. The molecule has 0 heterocycles. The molecule has 0 aliphatic carbocycles. The lowest BCUT2D eigenvalue weighted by molar-refractivity contribution is -0.127. The predicted molar refractivity (Wildman–Crippen MR) is 76.1 cm³/mol. The maximum atomic E-state index is 11.7. The van der Waals surface area contributed by atoms with Crippen molar-refractivity contribution < 1.29 is 24.2 Å². The number of ether oxygens (including phenoxy) is 2. The second-order valence-electron chi connectivity index (χ2n) is 3.99. The SMILES string of the molecule is COCCNC(=O)C(C)Oc1cc(Br)ccc1C(=O)O. The van der Waals surface area contributed by atoms with Gasteiger partial charge in [-0.05, 0) is 25.1 Å². The minimum Gasteiger partial charge on any atom is -0.480 e. The number of halogens is 1. The number of amides is 1. The minimum atomic E-state index is -1.11. The number of nitrogens with one attached hydrogen (secondary N) is 1. The number of benzene rings is 1. The maximum Gasteiger partial charge on any atom is 0.339 e. The Kier molecular flexibility index (Phi) is 6.47. The molecule has 20 heavy (non-hydrogen) atoms. The molecule has 1 rings (SSSR count). The average molecular weight is 346 g/mol. The Morgan fingerprint density at radius 2 is 2.15 bits per heavy atom. The molecular formula is C13H16BrNO5. The lowest BCUT2D eigenvalue weighted by Gasteiger charge is -2.16. The van der Waals surface area contributed by atoms with E-state index >= 15 is 0 Å². The van der Waals surface area contributed by atoms with E-state index in [0.29, 0.717) is 17.6 Å². The summed E-state index contributed by atoms with van der Waals surface area (Å²) in [5.74, 6) is -1.31. The second kappa shape index (κ2) is 7.86. The van der Waals surface area contributed by atoms with Crippen molar-refractivity contribution in [1.29, 1.82) is 0 Å². The Bertz CT molecular complexity index is 492. The molecular weight excluding hydrogens is 330 g/mol. The summed E-state index contributed by atoms with van der Waals surface area (Å²) in [5.41, 5.74) is 0.00439. The molecule has 0 aromatic heterocycles. The van der Waals surface area contributed by atoms with Crippen LogP contribution < -0.4 is 10.1 Å². The first-order chi connectivity index (χ1) is 9.45. The molecule has 0 radical (unpaired) electrons. The van der Waals surface area contributed by atoms with Crippen molar-refractivity contribution in [3.8, 4) is 5.75 Å². The highest BCUT2D eigenvalue weighted by molar-refractivity contribution is 9.10. The number of carboxylic acids is 1. The molecule has 1 aromatic rings. The molecule has 1 unspecified atom stereocenters. The van der Waals surface area contributed by atoms with Gasteiger partial charge in [0.05, 0.1) is 6.61 Å². The smallest absolute Gasteiger partial charge is 0.339 e. The van der Waals surface area contributed by atoms with Crippen LogP contribution in [0.5, 0.6) is 5.75 Å². The Morgan fingerprint density at radius 1 is 1.45 bits per heavy atom. The van der Waals surface area contributed by atoms with Crippen molar-refractivity contribution in [1.82, 2.24) is 5.32 Å². The summed E-state index contributed by atoms with van der Waals surface area (Å²) < 4.78 is 10.9. The third kappa shape index (κ3) is 4.82. The van der Waals surface area contributed by atoms with Gasteiger partial charge in [-0.25, -0.2) is 4.79 Å². The molecule has 1 atom stereocenters. The Hall–Kier alpha value is -1.60. The third-order valence-corrected chi connectivity index (χ3v) is 2.95. The Morgan fingerprint density at radius 3 is 2.75 bits per heavy atom. The number of hydrogen-bond donors (Lipinski definition) is 2. The van der Waals surface area contributed by atoms with Crippen molar-refractivity contribution in [2.75, 3.05) is 20.3 Å². The summed E-state index contributed by atoms with van der Waals surface area (Å²) in [6.45, 7) is 2.32. The molecule has 0 fully saturated rings. The van der Waals surface area contributed by atoms with Gasteiger partial charge in [-0.1, -0.05) is 15.9 Å². The fraction of sp³-hybridized carbons (Fsp3) is 0.385. The van der Waals surface area contributed by atoms with Gasteiger partial charge in [0.15, 0.2) is 6.10 Å². The van der Waals surface area contributed by atoms with Gasteiger partial charge in [0.1, 0.15) is 11.3 Å². The van der Waals surface area contributed by atoms with Crippen LogP contribution in [-0.2, 0) is 9.53 Å². The van der Waals surface area contributed by atoms with E-state index in [1.165, 1.54) is 19.2 Å². The van der Waals surface area contributed by atoms with Gasteiger partial charge in [-0.3, -0.25) is 4.79 Å². The monoisotopic (exact) mass is 345 g/mol. The molecule has 0 spiro atoms. The first-order valence-electron chi connectivity index (χ1n) is 5.92. The zero-order valence-electron chi connectivity index (χ0n) is 11.2. The van der Waals surface area contributed by atoms with Crippen LogP contribution in [-0.4, -0.2) is 43.3 Å². The van der Waals surface area contributed by atoms with Crippen LogP contribution in [0.25, 0.3) is 0 Å². The highest BCUT2D eigenvalue weighted by atomic mass is 79.9. The van der Waals surface area contributed by atoms with E-state index in [9.17, 15) is 9.59 Å². The summed E-state index contributed by atoms with van der Waals surface area (Å²) in [6, 6.07) is 4.53. The zero-order valence-corrected chi connectivity index (χ0v) is 12.8. The van der Waals surface area contributed by atoms with Crippen molar-refractivity contribution >= 4 is 27.8 Å². The van der Waals surface area contributed by atoms with E-state index in [1.807, 2.05) is 0 Å². The number of aromatic carboxylic acids is 1. The van der Waals surface area contributed by atoms with Crippen LogP contribution in [0.15, 0.2) is 22.7 Å². The van der Waals surface area contributed by atoms with E-state index in [4.69, 9.17) is 14.6 Å². The molecule has 0 saturated heterocycles. The molecule has 0 aliphatic heterocycles. The van der Waals surface area contributed by atoms with Crippen LogP contribution in [0.1, 0.15) is 17.3 Å². The summed E-state index contributed by atoms with van der Waals surface area (Å²) >= 11 is 3.23. The van der Waals surface area contributed by atoms with Crippen LogP contribution >= 0.6 is 15.9 Å². The maximum absolute atomic E-state index is 11.7. The lowest BCUT2D eigenvalue weighted by Crippen LogP contribution is -2.38. The van der Waals surface area contributed by atoms with E-state index in [1.54, 1.807) is 13.0 Å². The van der Waals surface area contributed by atoms with E-state index < -0.39 is 12.1 Å². The Balaban J connectivity index is 2.74. The molecule has 1 aromatic carbocycles. The van der Waals surface area contributed by atoms with E-state index in [2.05, 4.69) is 21.2 Å². The van der Waals surface area contributed by atoms with Crippen LogP contribution in [0.2, 0.25) is 0 Å². The summed E-state index contributed by atoms with van der Waals surface area (Å²) in [7, 11) is 1.53. The van der Waals surface area contributed by atoms with Crippen molar-refractivity contribution in [3.05, 3.63) is 28.2 Å². The number of rotatable bonds is 7. The second-order valence-corrected chi connectivity index (χ2v) is 4.91. The van der Waals surface area contributed by atoms with E-state index in [-0.39, 0.29) is 17.2 Å². The number of carboxylic acid groups (broad SMARTS) is 1. The summed E-state index contributed by atoms with van der Waals surface area (Å²) in [5, 5.41) is 11.7. The fourth-order valence-electron chi connectivity index (χ4n) is 1.43. The van der Waals surface area contributed by atoms with Gasteiger partial charge in [-0.15, -0.1) is 0 Å².